The highest BCUT2D eigenvalue weighted by molar-refractivity contribution is 5.95. The number of hydrogen-bond donors (Lipinski definition) is 2. The molecule has 2 aliphatic heterocycles. The van der Waals surface area contributed by atoms with Crippen LogP contribution in [-0.4, -0.2) is 58.0 Å². The van der Waals surface area contributed by atoms with Gasteiger partial charge in [0, 0.05) is 36.5 Å². The van der Waals surface area contributed by atoms with Crippen molar-refractivity contribution in [3.05, 3.63) is 42.1 Å². The molecule has 0 saturated carbocycles. The average molecular weight is 366 g/mol. The fourth-order valence-corrected chi connectivity index (χ4v) is 4.15. The van der Waals surface area contributed by atoms with Crippen LogP contribution in [0.4, 0.5) is 5.82 Å². The highest BCUT2D eigenvalue weighted by Gasteiger charge is 2.31. The number of nitrogen functional groups attached to an aromatic ring is 1. The summed E-state index contributed by atoms with van der Waals surface area (Å²) in [5.74, 6) is 0.194. The lowest BCUT2D eigenvalue weighted by atomic mass is 10.0. The molecule has 2 aromatic rings. The first kappa shape index (κ1) is 17.8. The minimum Gasteiger partial charge on any atom is -0.504 e. The molecule has 2 saturated heterocycles. The van der Waals surface area contributed by atoms with Crippen LogP contribution in [0, 0.1) is 0 Å². The molecule has 0 bridgehead atoms. The maximum atomic E-state index is 13.0. The predicted molar refractivity (Wildman–Crippen MR) is 105 cm³/mol. The number of carbonyl (C=O) groups excluding carboxylic acids is 1. The van der Waals surface area contributed by atoms with E-state index in [-0.39, 0.29) is 17.5 Å². The van der Waals surface area contributed by atoms with Gasteiger partial charge in [-0.3, -0.25) is 4.79 Å². The number of likely N-dealkylation sites (tertiary alicyclic amines) is 2. The highest BCUT2D eigenvalue weighted by atomic mass is 16.3. The van der Waals surface area contributed by atoms with Gasteiger partial charge in [-0.1, -0.05) is 12.1 Å². The quantitative estimate of drug-likeness (QED) is 0.869. The second-order valence-electron chi connectivity index (χ2n) is 7.51. The van der Waals surface area contributed by atoms with E-state index in [0.29, 0.717) is 11.6 Å². The second kappa shape index (κ2) is 7.56. The Morgan fingerprint density at radius 2 is 1.85 bits per heavy atom. The molecule has 1 aromatic carbocycles. The third kappa shape index (κ3) is 3.76. The number of nitrogens with zero attached hydrogens (tertiary/aromatic N) is 3. The number of rotatable bonds is 4. The van der Waals surface area contributed by atoms with E-state index in [4.69, 9.17) is 5.73 Å². The molecule has 1 atom stereocenters. The number of anilines is 1. The summed E-state index contributed by atoms with van der Waals surface area (Å²) < 4.78 is 0. The van der Waals surface area contributed by atoms with Crippen molar-refractivity contribution in [3.8, 4) is 16.9 Å². The monoisotopic (exact) mass is 366 g/mol. The fraction of sp³-hybridized carbons (Fsp3) is 0.429. The third-order valence-corrected chi connectivity index (χ3v) is 5.67. The van der Waals surface area contributed by atoms with E-state index in [9.17, 15) is 9.90 Å². The maximum Gasteiger partial charge on any atom is 0.254 e. The molecule has 6 heteroatoms. The number of carbonyl (C=O) groups is 1. The molecule has 0 aliphatic carbocycles. The van der Waals surface area contributed by atoms with E-state index in [0.717, 1.165) is 50.1 Å². The Morgan fingerprint density at radius 1 is 1.11 bits per heavy atom. The predicted octanol–water partition coefficient (Wildman–Crippen LogP) is 2.74. The fourth-order valence-electron chi connectivity index (χ4n) is 4.15. The zero-order valence-corrected chi connectivity index (χ0v) is 15.5. The number of aromatic hydroxyl groups is 1. The number of nitrogens with two attached hydrogens (primary N) is 1. The molecule has 6 nitrogen and oxygen atoms in total. The summed E-state index contributed by atoms with van der Waals surface area (Å²) >= 11 is 0. The third-order valence-electron chi connectivity index (χ3n) is 5.67. The number of hydrogen-bond acceptors (Lipinski definition) is 5. The van der Waals surface area contributed by atoms with Gasteiger partial charge in [0.2, 0.25) is 0 Å². The molecule has 2 fully saturated rings. The van der Waals surface area contributed by atoms with E-state index >= 15 is 0 Å². The first-order valence-corrected chi connectivity index (χ1v) is 9.70. The van der Waals surface area contributed by atoms with Crippen LogP contribution in [-0.2, 0) is 0 Å². The van der Waals surface area contributed by atoms with Crippen LogP contribution >= 0.6 is 0 Å². The van der Waals surface area contributed by atoms with Crippen molar-refractivity contribution in [2.45, 2.75) is 31.7 Å². The normalized spacial score (nSPS) is 20.3. The van der Waals surface area contributed by atoms with Crippen LogP contribution in [0.3, 0.4) is 0 Å². The van der Waals surface area contributed by atoms with E-state index in [1.54, 1.807) is 12.3 Å². The van der Waals surface area contributed by atoms with E-state index < -0.39 is 0 Å². The van der Waals surface area contributed by atoms with Crippen LogP contribution < -0.4 is 5.73 Å². The first-order valence-electron chi connectivity index (χ1n) is 9.70. The molecule has 27 heavy (non-hydrogen) atoms. The zero-order chi connectivity index (χ0) is 18.8. The lowest BCUT2D eigenvalue weighted by Gasteiger charge is -2.28. The van der Waals surface area contributed by atoms with Crippen LogP contribution in [0.25, 0.3) is 11.1 Å². The van der Waals surface area contributed by atoms with Crippen LogP contribution in [0.2, 0.25) is 0 Å². The lowest BCUT2D eigenvalue weighted by Crippen LogP contribution is -2.42. The Labute approximate surface area is 159 Å². The molecule has 1 aromatic heterocycles. The van der Waals surface area contributed by atoms with Crippen molar-refractivity contribution in [2.75, 3.05) is 31.9 Å². The standard InChI is InChI=1S/C21H26N4O2/c22-20-19(26)12-17(13-23-20)15-5-7-16(8-6-15)21(27)25-11-3-4-18(25)14-24-9-1-2-10-24/h5-8,12-13,18,26H,1-4,9-11,14H2,(H2,22,23)/t18-/m1/s1. The Bertz CT molecular complexity index is 815. The molecule has 4 rings (SSSR count). The minimum absolute atomic E-state index is 0.0329. The topological polar surface area (TPSA) is 82.7 Å². The number of pyridine rings is 1. The van der Waals surface area contributed by atoms with Gasteiger partial charge in [-0.05, 0) is 62.5 Å². The van der Waals surface area contributed by atoms with Gasteiger partial charge in [0.15, 0.2) is 11.6 Å². The molecule has 0 unspecified atom stereocenters. The summed E-state index contributed by atoms with van der Waals surface area (Å²) in [5, 5.41) is 9.74. The smallest absolute Gasteiger partial charge is 0.254 e. The first-order chi connectivity index (χ1) is 13.1. The van der Waals surface area contributed by atoms with Gasteiger partial charge in [0.05, 0.1) is 0 Å². The molecule has 0 spiro atoms. The van der Waals surface area contributed by atoms with Gasteiger partial charge in [-0.2, -0.15) is 0 Å². The highest BCUT2D eigenvalue weighted by Crippen LogP contribution is 2.27. The molecular formula is C21H26N4O2. The Hall–Kier alpha value is -2.60. The molecular weight excluding hydrogens is 340 g/mol. The SMILES string of the molecule is Nc1ncc(-c2ccc(C(=O)N3CCC[C@@H]3CN3CCCC3)cc2)cc1O. The van der Waals surface area contributed by atoms with Crippen LogP contribution in [0.1, 0.15) is 36.0 Å². The van der Waals surface area contributed by atoms with E-state index in [1.807, 2.05) is 29.2 Å². The van der Waals surface area contributed by atoms with Crippen molar-refractivity contribution in [3.63, 3.8) is 0 Å². The van der Waals surface area contributed by atoms with Gasteiger partial charge in [0.1, 0.15) is 0 Å². The van der Waals surface area contributed by atoms with Crippen LogP contribution in [0.15, 0.2) is 36.5 Å². The number of amides is 1. The average Bonchev–Trinajstić information content (AvgIpc) is 3.36. The summed E-state index contributed by atoms with van der Waals surface area (Å²) in [7, 11) is 0. The largest absolute Gasteiger partial charge is 0.504 e. The summed E-state index contributed by atoms with van der Waals surface area (Å²) in [4.78, 5) is 21.5. The van der Waals surface area contributed by atoms with Crippen molar-refractivity contribution in [1.82, 2.24) is 14.8 Å². The van der Waals surface area contributed by atoms with Crippen LogP contribution in [0.5, 0.6) is 5.75 Å². The Kier molecular flexibility index (Phi) is 4.99. The summed E-state index contributed by atoms with van der Waals surface area (Å²) in [6.45, 7) is 4.17. The minimum atomic E-state index is -0.0329. The van der Waals surface area contributed by atoms with Gasteiger partial charge in [-0.15, -0.1) is 0 Å². The van der Waals surface area contributed by atoms with E-state index in [1.165, 1.54) is 12.8 Å². The maximum absolute atomic E-state index is 13.0. The summed E-state index contributed by atoms with van der Waals surface area (Å²) in [5.41, 5.74) is 7.93. The van der Waals surface area contributed by atoms with Gasteiger partial charge < -0.3 is 20.6 Å². The Balaban J connectivity index is 1.47. The van der Waals surface area contributed by atoms with Crippen molar-refractivity contribution in [1.29, 1.82) is 0 Å². The molecule has 3 heterocycles. The molecule has 2 aliphatic rings. The zero-order valence-electron chi connectivity index (χ0n) is 15.5. The second-order valence-corrected chi connectivity index (χ2v) is 7.51. The van der Waals surface area contributed by atoms with E-state index in [2.05, 4.69) is 9.88 Å². The van der Waals surface area contributed by atoms with Gasteiger partial charge in [0.25, 0.3) is 5.91 Å². The molecule has 3 N–H and O–H groups in total. The van der Waals surface area contributed by atoms with Gasteiger partial charge >= 0.3 is 0 Å². The Morgan fingerprint density at radius 3 is 2.56 bits per heavy atom. The molecule has 142 valence electrons. The number of benzene rings is 1. The summed E-state index contributed by atoms with van der Waals surface area (Å²) in [6.07, 6.45) is 6.35. The van der Waals surface area contributed by atoms with Crippen molar-refractivity contribution in [2.24, 2.45) is 0 Å². The van der Waals surface area contributed by atoms with Crippen molar-refractivity contribution < 1.29 is 9.90 Å². The van der Waals surface area contributed by atoms with Crippen molar-refractivity contribution >= 4 is 11.7 Å². The number of aromatic nitrogens is 1. The lowest BCUT2D eigenvalue weighted by molar-refractivity contribution is 0.0709. The van der Waals surface area contributed by atoms with Gasteiger partial charge in [-0.25, -0.2) is 4.98 Å². The summed E-state index contributed by atoms with van der Waals surface area (Å²) in [6, 6.07) is 9.42. The molecule has 1 amide bonds. The molecule has 0 radical (unpaired) electrons.